The predicted molar refractivity (Wildman–Crippen MR) is 85.9 cm³/mol. The fourth-order valence-electron chi connectivity index (χ4n) is 1.91. The second-order valence-corrected chi connectivity index (χ2v) is 7.84. The van der Waals surface area contributed by atoms with Gasteiger partial charge in [-0.05, 0) is 44.4 Å². The summed E-state index contributed by atoms with van der Waals surface area (Å²) in [4.78, 5) is 0. The maximum Gasteiger partial charge on any atom is 0.214 e. The summed E-state index contributed by atoms with van der Waals surface area (Å²) in [6.07, 6.45) is 1.30. The van der Waals surface area contributed by atoms with E-state index in [4.69, 9.17) is 23.2 Å². The second-order valence-electron chi connectivity index (χ2n) is 4.98. The molecule has 0 N–H and O–H groups in total. The molecule has 0 atom stereocenters. The van der Waals surface area contributed by atoms with Gasteiger partial charge in [-0.15, -0.1) is 11.6 Å². The van der Waals surface area contributed by atoms with Gasteiger partial charge in [0.2, 0.25) is 10.0 Å². The molecular weight excluding hydrogens is 317 g/mol. The van der Waals surface area contributed by atoms with E-state index in [1.54, 1.807) is 12.1 Å². The first kappa shape index (κ1) is 17.8. The highest BCUT2D eigenvalue weighted by atomic mass is 35.5. The molecule has 1 aromatic carbocycles. The first-order chi connectivity index (χ1) is 9.36. The minimum Gasteiger partial charge on any atom is -0.212 e. The van der Waals surface area contributed by atoms with Gasteiger partial charge in [0.05, 0.1) is 5.75 Å². The molecule has 1 rings (SSSR count). The van der Waals surface area contributed by atoms with Gasteiger partial charge in [0.1, 0.15) is 0 Å². The average molecular weight is 338 g/mol. The van der Waals surface area contributed by atoms with Crippen molar-refractivity contribution < 1.29 is 8.42 Å². The summed E-state index contributed by atoms with van der Waals surface area (Å²) in [5.74, 6) is 0.629. The van der Waals surface area contributed by atoms with Gasteiger partial charge in [-0.1, -0.05) is 23.7 Å². The molecule has 0 fully saturated rings. The van der Waals surface area contributed by atoms with Crippen molar-refractivity contribution in [2.75, 3.05) is 11.6 Å². The fourth-order valence-corrected chi connectivity index (χ4v) is 4.11. The Bertz CT molecular complexity index is 518. The van der Waals surface area contributed by atoms with Crippen molar-refractivity contribution in [1.82, 2.24) is 4.31 Å². The Hall–Kier alpha value is -0.290. The first-order valence-corrected chi connectivity index (χ1v) is 9.19. The van der Waals surface area contributed by atoms with Gasteiger partial charge in [0.25, 0.3) is 0 Å². The summed E-state index contributed by atoms with van der Waals surface area (Å²) in [5, 5.41) is 0.616. The van der Waals surface area contributed by atoms with E-state index < -0.39 is 10.0 Å². The molecule has 114 valence electrons. The summed E-state index contributed by atoms with van der Waals surface area (Å²) in [6.45, 7) is 4.11. The van der Waals surface area contributed by atoms with Crippen LogP contribution in [0.15, 0.2) is 24.3 Å². The molecular formula is C14H21Cl2NO2S. The molecule has 0 saturated heterocycles. The summed E-state index contributed by atoms with van der Waals surface area (Å²) < 4.78 is 26.3. The summed E-state index contributed by atoms with van der Waals surface area (Å²) in [6, 6.07) is 7.20. The minimum absolute atomic E-state index is 0.0880. The van der Waals surface area contributed by atoms with Gasteiger partial charge < -0.3 is 0 Å². The van der Waals surface area contributed by atoms with E-state index in [9.17, 15) is 8.42 Å². The highest BCUT2D eigenvalue weighted by molar-refractivity contribution is 7.89. The van der Waals surface area contributed by atoms with Crippen molar-refractivity contribution in [1.29, 1.82) is 0 Å². The zero-order valence-corrected chi connectivity index (χ0v) is 14.2. The third-order valence-corrected chi connectivity index (χ3v) is 5.52. The van der Waals surface area contributed by atoms with Crippen molar-refractivity contribution >= 4 is 33.2 Å². The van der Waals surface area contributed by atoms with E-state index in [0.717, 1.165) is 5.56 Å². The molecule has 0 aliphatic rings. The van der Waals surface area contributed by atoms with E-state index >= 15 is 0 Å². The fraction of sp³-hybridized carbons (Fsp3) is 0.571. The maximum atomic E-state index is 12.4. The van der Waals surface area contributed by atoms with Gasteiger partial charge in [-0.25, -0.2) is 8.42 Å². The molecule has 20 heavy (non-hydrogen) atoms. The monoisotopic (exact) mass is 337 g/mol. The Morgan fingerprint density at radius 2 is 1.95 bits per heavy atom. The van der Waals surface area contributed by atoms with Crippen LogP contribution in [-0.4, -0.2) is 30.4 Å². The van der Waals surface area contributed by atoms with Crippen LogP contribution in [0.4, 0.5) is 0 Å². The molecule has 0 heterocycles. The van der Waals surface area contributed by atoms with Crippen LogP contribution in [0.25, 0.3) is 0 Å². The van der Waals surface area contributed by atoms with E-state index in [2.05, 4.69) is 0 Å². The van der Waals surface area contributed by atoms with Crippen LogP contribution in [-0.2, 0) is 16.6 Å². The number of sulfonamides is 1. The molecule has 1 aromatic rings. The van der Waals surface area contributed by atoms with Gasteiger partial charge in [0, 0.05) is 23.5 Å². The van der Waals surface area contributed by atoms with Crippen LogP contribution in [0.2, 0.25) is 5.02 Å². The lowest BCUT2D eigenvalue weighted by molar-refractivity contribution is 0.347. The van der Waals surface area contributed by atoms with Crippen LogP contribution < -0.4 is 0 Å². The number of halogens is 2. The van der Waals surface area contributed by atoms with Crippen LogP contribution in [0, 0.1) is 0 Å². The zero-order valence-electron chi connectivity index (χ0n) is 11.9. The predicted octanol–water partition coefficient (Wildman–Crippen LogP) is 3.90. The van der Waals surface area contributed by atoms with Crippen LogP contribution in [0.5, 0.6) is 0 Å². The normalized spacial score (nSPS) is 12.3. The van der Waals surface area contributed by atoms with E-state index in [-0.39, 0.29) is 11.8 Å². The number of rotatable bonds is 8. The molecule has 0 aliphatic carbocycles. The average Bonchev–Trinajstić information content (AvgIpc) is 2.35. The van der Waals surface area contributed by atoms with Crippen LogP contribution in [0.1, 0.15) is 32.3 Å². The van der Waals surface area contributed by atoms with Gasteiger partial charge >= 0.3 is 0 Å². The molecule has 0 bridgehead atoms. The van der Waals surface area contributed by atoms with Crippen molar-refractivity contribution in [3.05, 3.63) is 34.9 Å². The molecule has 0 aliphatic heterocycles. The number of hydrogen-bond donors (Lipinski definition) is 0. The smallest absolute Gasteiger partial charge is 0.212 e. The van der Waals surface area contributed by atoms with Gasteiger partial charge in [-0.3, -0.25) is 0 Å². The molecule has 3 nitrogen and oxygen atoms in total. The lowest BCUT2D eigenvalue weighted by Gasteiger charge is -2.26. The maximum absolute atomic E-state index is 12.4. The third kappa shape index (κ3) is 5.60. The highest BCUT2D eigenvalue weighted by Gasteiger charge is 2.24. The lowest BCUT2D eigenvalue weighted by Crippen LogP contribution is -2.38. The van der Waals surface area contributed by atoms with Crippen molar-refractivity contribution in [2.45, 2.75) is 39.3 Å². The topological polar surface area (TPSA) is 37.4 Å². The summed E-state index contributed by atoms with van der Waals surface area (Å²) >= 11 is 11.5. The zero-order chi connectivity index (χ0) is 15.2. The van der Waals surface area contributed by atoms with E-state index in [1.807, 2.05) is 26.0 Å². The standard InChI is InChI=1S/C14H21Cl2NO2S/c1-12(2)17(20(18,19)9-4-3-8-15)11-13-6-5-7-14(16)10-13/h5-7,10,12H,3-4,8-9,11H2,1-2H3. The van der Waals surface area contributed by atoms with Crippen LogP contribution in [0.3, 0.4) is 0 Å². The Morgan fingerprint density at radius 1 is 1.25 bits per heavy atom. The summed E-state index contributed by atoms with van der Waals surface area (Å²) in [5.41, 5.74) is 0.895. The molecule has 0 radical (unpaired) electrons. The Kier molecular flexibility index (Phi) is 7.30. The number of nitrogens with zero attached hydrogens (tertiary/aromatic N) is 1. The molecule has 0 aromatic heterocycles. The molecule has 0 unspecified atom stereocenters. The van der Waals surface area contributed by atoms with Crippen molar-refractivity contribution in [2.24, 2.45) is 0 Å². The van der Waals surface area contributed by atoms with Crippen molar-refractivity contribution in [3.63, 3.8) is 0 Å². The molecule has 0 saturated carbocycles. The van der Waals surface area contributed by atoms with Crippen LogP contribution >= 0.6 is 23.2 Å². The largest absolute Gasteiger partial charge is 0.214 e. The lowest BCUT2D eigenvalue weighted by atomic mass is 10.2. The van der Waals surface area contributed by atoms with Gasteiger partial charge in [-0.2, -0.15) is 4.31 Å². The Labute approximate surface area is 131 Å². The highest BCUT2D eigenvalue weighted by Crippen LogP contribution is 2.18. The van der Waals surface area contributed by atoms with Gasteiger partial charge in [0.15, 0.2) is 0 Å². The second kappa shape index (κ2) is 8.23. The molecule has 0 spiro atoms. The summed E-state index contributed by atoms with van der Waals surface area (Å²) in [7, 11) is -3.27. The van der Waals surface area contributed by atoms with E-state index in [1.165, 1.54) is 4.31 Å². The molecule has 0 amide bonds. The Morgan fingerprint density at radius 3 is 2.50 bits per heavy atom. The Balaban J connectivity index is 2.83. The van der Waals surface area contributed by atoms with Crippen molar-refractivity contribution in [3.8, 4) is 0 Å². The number of alkyl halides is 1. The SMILES string of the molecule is CC(C)N(Cc1cccc(Cl)c1)S(=O)(=O)CCCCCl. The first-order valence-electron chi connectivity index (χ1n) is 6.66. The number of unbranched alkanes of at least 4 members (excludes halogenated alkanes) is 1. The third-order valence-electron chi connectivity index (χ3n) is 2.95. The quantitative estimate of drug-likeness (QED) is 0.532. The minimum atomic E-state index is -3.27. The number of benzene rings is 1. The van der Waals surface area contributed by atoms with E-state index in [0.29, 0.717) is 30.3 Å². The number of hydrogen-bond acceptors (Lipinski definition) is 2. The molecule has 6 heteroatoms.